The topological polar surface area (TPSA) is 20.3 Å². The molecule has 0 heterocycles. The molecule has 0 rings (SSSR count). The molecule has 0 aromatic heterocycles. The number of rotatable bonds is 5. The van der Waals surface area contributed by atoms with E-state index in [1.807, 2.05) is 13.1 Å². The number of alkyl halides is 1. The van der Waals surface area contributed by atoms with E-state index in [0.717, 1.165) is 19.4 Å². The first-order chi connectivity index (χ1) is 5.22. The summed E-state index contributed by atoms with van der Waals surface area (Å²) in [5, 5.41) is 0. The van der Waals surface area contributed by atoms with E-state index in [1.54, 1.807) is 4.90 Å². The SMILES string of the molecule is C=CCCCN(C)C(=O)CI. The van der Waals surface area contributed by atoms with Crippen LogP contribution in [0.2, 0.25) is 0 Å². The van der Waals surface area contributed by atoms with Crippen molar-refractivity contribution in [2.45, 2.75) is 12.8 Å². The number of allylic oxidation sites excluding steroid dienone is 1. The molecule has 0 aliphatic carbocycles. The summed E-state index contributed by atoms with van der Waals surface area (Å²) in [6.07, 6.45) is 3.88. The van der Waals surface area contributed by atoms with Crippen molar-refractivity contribution in [2.75, 3.05) is 18.0 Å². The molecule has 0 aliphatic heterocycles. The van der Waals surface area contributed by atoms with E-state index in [2.05, 4.69) is 29.2 Å². The lowest BCUT2D eigenvalue weighted by Gasteiger charge is -2.14. The predicted molar refractivity (Wildman–Crippen MR) is 56.0 cm³/mol. The van der Waals surface area contributed by atoms with Crippen molar-refractivity contribution in [3.05, 3.63) is 12.7 Å². The first-order valence-corrected chi connectivity index (χ1v) is 5.15. The monoisotopic (exact) mass is 267 g/mol. The number of carbonyl (C=O) groups is 1. The van der Waals surface area contributed by atoms with E-state index >= 15 is 0 Å². The minimum Gasteiger partial charge on any atom is -0.345 e. The first-order valence-electron chi connectivity index (χ1n) is 3.63. The molecule has 0 aromatic carbocycles. The largest absolute Gasteiger partial charge is 0.345 e. The molecule has 0 atom stereocenters. The van der Waals surface area contributed by atoms with Crippen molar-refractivity contribution >= 4 is 28.5 Å². The molecule has 64 valence electrons. The summed E-state index contributed by atoms with van der Waals surface area (Å²) in [4.78, 5) is 12.8. The zero-order chi connectivity index (χ0) is 8.69. The maximum absolute atomic E-state index is 11.0. The molecule has 11 heavy (non-hydrogen) atoms. The summed E-state index contributed by atoms with van der Waals surface area (Å²) < 4.78 is 0.572. The Morgan fingerprint density at radius 1 is 1.73 bits per heavy atom. The summed E-state index contributed by atoms with van der Waals surface area (Å²) in [5.74, 6) is 0.203. The molecule has 0 aromatic rings. The number of halogens is 1. The van der Waals surface area contributed by atoms with E-state index < -0.39 is 0 Å². The zero-order valence-corrected chi connectivity index (χ0v) is 9.00. The van der Waals surface area contributed by atoms with E-state index in [-0.39, 0.29) is 5.91 Å². The smallest absolute Gasteiger partial charge is 0.232 e. The highest BCUT2D eigenvalue weighted by Crippen LogP contribution is 1.95. The molecule has 1 amide bonds. The number of carbonyl (C=O) groups excluding carboxylic acids is 1. The molecule has 0 saturated heterocycles. The van der Waals surface area contributed by atoms with E-state index in [9.17, 15) is 4.79 Å². The molecule has 3 heteroatoms. The second-order valence-corrected chi connectivity index (χ2v) is 3.14. The van der Waals surface area contributed by atoms with E-state index in [0.29, 0.717) is 4.43 Å². The normalized spacial score (nSPS) is 9.27. The van der Waals surface area contributed by atoms with E-state index in [1.165, 1.54) is 0 Å². The number of amides is 1. The Bertz CT molecular complexity index is 136. The summed E-state index contributed by atoms with van der Waals surface area (Å²) in [6.45, 7) is 4.46. The fourth-order valence-electron chi connectivity index (χ4n) is 0.700. The van der Waals surface area contributed by atoms with Gasteiger partial charge in [0.05, 0.1) is 4.43 Å². The third kappa shape index (κ3) is 5.24. The number of hydrogen-bond donors (Lipinski definition) is 0. The maximum Gasteiger partial charge on any atom is 0.232 e. The van der Waals surface area contributed by atoms with Crippen LogP contribution >= 0.6 is 22.6 Å². The predicted octanol–water partition coefficient (Wildman–Crippen LogP) is 1.85. The quantitative estimate of drug-likeness (QED) is 0.322. The lowest BCUT2D eigenvalue weighted by Crippen LogP contribution is -2.28. The van der Waals surface area contributed by atoms with Crippen molar-refractivity contribution in [3.63, 3.8) is 0 Å². The van der Waals surface area contributed by atoms with Gasteiger partial charge in [-0.05, 0) is 12.8 Å². The lowest BCUT2D eigenvalue weighted by molar-refractivity contribution is -0.126. The Hall–Kier alpha value is -0.0600. The zero-order valence-electron chi connectivity index (χ0n) is 6.85. The van der Waals surface area contributed by atoms with Crippen LogP contribution in [0.4, 0.5) is 0 Å². The van der Waals surface area contributed by atoms with Crippen molar-refractivity contribution < 1.29 is 4.79 Å². The Balaban J connectivity index is 3.43. The Labute approximate surface area is 81.8 Å². The van der Waals surface area contributed by atoms with Gasteiger partial charge in [-0.25, -0.2) is 0 Å². The minimum absolute atomic E-state index is 0.203. The fraction of sp³-hybridized carbons (Fsp3) is 0.625. The molecule has 2 nitrogen and oxygen atoms in total. The molecule has 0 aliphatic rings. The molecule has 0 N–H and O–H groups in total. The van der Waals surface area contributed by atoms with Crippen LogP contribution in [0.5, 0.6) is 0 Å². The molecular weight excluding hydrogens is 253 g/mol. The van der Waals surface area contributed by atoms with Crippen molar-refractivity contribution in [2.24, 2.45) is 0 Å². The standard InChI is InChI=1S/C8H14INO/c1-3-4-5-6-10(2)8(11)7-9/h3H,1,4-7H2,2H3. The summed E-state index contributed by atoms with van der Waals surface area (Å²) in [6, 6.07) is 0. The number of hydrogen-bond acceptors (Lipinski definition) is 1. The summed E-state index contributed by atoms with van der Waals surface area (Å²) in [5.41, 5.74) is 0. The molecule has 0 spiro atoms. The molecule has 0 radical (unpaired) electrons. The molecule has 0 fully saturated rings. The molecule has 0 saturated carbocycles. The Morgan fingerprint density at radius 3 is 2.82 bits per heavy atom. The van der Waals surface area contributed by atoms with Crippen LogP contribution < -0.4 is 0 Å². The van der Waals surface area contributed by atoms with Gasteiger partial charge in [0.15, 0.2) is 0 Å². The van der Waals surface area contributed by atoms with Crippen molar-refractivity contribution in [3.8, 4) is 0 Å². The third-order valence-electron chi connectivity index (χ3n) is 1.44. The van der Waals surface area contributed by atoms with Crippen molar-refractivity contribution in [1.29, 1.82) is 0 Å². The second kappa shape index (κ2) is 6.64. The Kier molecular flexibility index (Phi) is 6.60. The second-order valence-electron chi connectivity index (χ2n) is 2.38. The highest BCUT2D eigenvalue weighted by atomic mass is 127. The third-order valence-corrected chi connectivity index (χ3v) is 2.09. The molecule has 0 unspecified atom stereocenters. The van der Waals surface area contributed by atoms with Gasteiger partial charge in [0, 0.05) is 13.6 Å². The van der Waals surface area contributed by atoms with Gasteiger partial charge >= 0.3 is 0 Å². The fourth-order valence-corrected chi connectivity index (χ4v) is 1.28. The van der Waals surface area contributed by atoms with Gasteiger partial charge in [-0.2, -0.15) is 0 Å². The van der Waals surface area contributed by atoms with Crippen LogP contribution in [-0.2, 0) is 4.79 Å². The van der Waals surface area contributed by atoms with Gasteiger partial charge in [-0.15, -0.1) is 6.58 Å². The van der Waals surface area contributed by atoms with E-state index in [4.69, 9.17) is 0 Å². The van der Waals surface area contributed by atoms with Gasteiger partial charge in [-0.1, -0.05) is 28.7 Å². The molecule has 0 bridgehead atoms. The van der Waals surface area contributed by atoms with Crippen LogP contribution in [0.25, 0.3) is 0 Å². The van der Waals surface area contributed by atoms with Gasteiger partial charge in [0.25, 0.3) is 0 Å². The van der Waals surface area contributed by atoms with Gasteiger partial charge in [0.1, 0.15) is 0 Å². The van der Waals surface area contributed by atoms with Gasteiger partial charge in [-0.3, -0.25) is 4.79 Å². The maximum atomic E-state index is 11.0. The number of nitrogens with zero attached hydrogens (tertiary/aromatic N) is 1. The van der Waals surface area contributed by atoms with Crippen molar-refractivity contribution in [1.82, 2.24) is 4.90 Å². The highest BCUT2D eigenvalue weighted by molar-refractivity contribution is 14.1. The number of unbranched alkanes of at least 4 members (excludes halogenated alkanes) is 1. The molecular formula is C8H14INO. The van der Waals surface area contributed by atoms with Gasteiger partial charge < -0.3 is 4.90 Å². The van der Waals surface area contributed by atoms with Crippen LogP contribution in [0.1, 0.15) is 12.8 Å². The summed E-state index contributed by atoms with van der Waals surface area (Å²) >= 11 is 2.08. The summed E-state index contributed by atoms with van der Waals surface area (Å²) in [7, 11) is 1.84. The van der Waals surface area contributed by atoms with Crippen LogP contribution in [0.3, 0.4) is 0 Å². The minimum atomic E-state index is 0.203. The first kappa shape index (κ1) is 10.9. The Morgan fingerprint density at radius 2 is 2.36 bits per heavy atom. The highest BCUT2D eigenvalue weighted by Gasteiger charge is 2.03. The van der Waals surface area contributed by atoms with Gasteiger partial charge in [0.2, 0.25) is 5.91 Å². The lowest BCUT2D eigenvalue weighted by atomic mass is 10.3. The van der Waals surface area contributed by atoms with Crippen LogP contribution in [0, 0.1) is 0 Å². The average molecular weight is 267 g/mol. The average Bonchev–Trinajstić information content (AvgIpc) is 2.03. The van der Waals surface area contributed by atoms with Crippen LogP contribution in [0.15, 0.2) is 12.7 Å². The van der Waals surface area contributed by atoms with Crippen LogP contribution in [-0.4, -0.2) is 28.8 Å².